The van der Waals surface area contributed by atoms with Crippen molar-refractivity contribution in [2.75, 3.05) is 13.7 Å². The van der Waals surface area contributed by atoms with Crippen molar-refractivity contribution in [1.82, 2.24) is 0 Å². The van der Waals surface area contributed by atoms with Crippen molar-refractivity contribution in [3.63, 3.8) is 0 Å². The van der Waals surface area contributed by atoms with Gasteiger partial charge in [-0.3, -0.25) is 0 Å². The lowest BCUT2D eigenvalue weighted by molar-refractivity contribution is 0.202. The molecule has 2 rings (SSSR count). The van der Waals surface area contributed by atoms with E-state index < -0.39 is 11.6 Å². The van der Waals surface area contributed by atoms with Gasteiger partial charge in [-0.25, -0.2) is 8.78 Å². The maximum atomic E-state index is 13.2. The number of hydrogen-bond donors (Lipinski definition) is 0. The minimum atomic E-state index is -0.830. The average molecular weight is 341 g/mol. The molecule has 4 heteroatoms. The van der Waals surface area contributed by atoms with Crippen LogP contribution in [0.4, 0.5) is 8.78 Å². The fraction of sp³-hybridized carbons (Fsp3) is 0.250. The molecule has 0 heterocycles. The number of ether oxygens (including phenoxy) is 1. The lowest BCUT2D eigenvalue weighted by Gasteiger charge is -2.12. The molecule has 1 unspecified atom stereocenters. The van der Waals surface area contributed by atoms with Crippen LogP contribution < -0.4 is 0 Å². The minimum Gasteiger partial charge on any atom is -0.384 e. The van der Waals surface area contributed by atoms with E-state index in [0.717, 1.165) is 18.1 Å². The van der Waals surface area contributed by atoms with Gasteiger partial charge in [-0.15, -0.1) is 0 Å². The SMILES string of the molecule is COCCc1ccc(C(Br)c2ccc(F)c(F)c2)cc1. The van der Waals surface area contributed by atoms with E-state index in [-0.39, 0.29) is 4.83 Å². The molecular weight excluding hydrogens is 326 g/mol. The van der Waals surface area contributed by atoms with Crippen LogP contribution in [0.3, 0.4) is 0 Å². The maximum absolute atomic E-state index is 13.2. The second-order valence-corrected chi connectivity index (χ2v) is 5.44. The average Bonchev–Trinajstić information content (AvgIpc) is 2.48. The van der Waals surface area contributed by atoms with Crippen LogP contribution in [0.25, 0.3) is 0 Å². The van der Waals surface area contributed by atoms with Gasteiger partial charge in [0.25, 0.3) is 0 Å². The molecular formula is C16H15BrF2O. The van der Waals surface area contributed by atoms with Crippen LogP contribution in [-0.4, -0.2) is 13.7 Å². The summed E-state index contributed by atoms with van der Waals surface area (Å²) in [5, 5.41) is 0. The first kappa shape index (κ1) is 15.1. The molecule has 0 aliphatic carbocycles. The number of hydrogen-bond acceptors (Lipinski definition) is 1. The third-order valence-electron chi connectivity index (χ3n) is 3.10. The Labute approximate surface area is 125 Å². The highest BCUT2D eigenvalue weighted by Gasteiger charge is 2.12. The molecule has 1 atom stereocenters. The highest BCUT2D eigenvalue weighted by Crippen LogP contribution is 2.31. The molecule has 0 saturated carbocycles. The van der Waals surface area contributed by atoms with Crippen molar-refractivity contribution in [2.24, 2.45) is 0 Å². The van der Waals surface area contributed by atoms with E-state index in [9.17, 15) is 8.78 Å². The van der Waals surface area contributed by atoms with Crippen molar-refractivity contribution in [3.8, 4) is 0 Å². The topological polar surface area (TPSA) is 9.23 Å². The van der Waals surface area contributed by atoms with Gasteiger partial charge in [0, 0.05) is 7.11 Å². The monoisotopic (exact) mass is 340 g/mol. The first-order valence-corrected chi connectivity index (χ1v) is 7.20. The zero-order valence-corrected chi connectivity index (χ0v) is 12.7. The molecule has 0 bridgehead atoms. The van der Waals surface area contributed by atoms with Gasteiger partial charge in [-0.1, -0.05) is 46.3 Å². The molecule has 0 spiro atoms. The summed E-state index contributed by atoms with van der Waals surface area (Å²) in [7, 11) is 1.67. The summed E-state index contributed by atoms with van der Waals surface area (Å²) in [4.78, 5) is -0.158. The van der Waals surface area contributed by atoms with Crippen molar-refractivity contribution < 1.29 is 13.5 Å². The van der Waals surface area contributed by atoms with E-state index in [4.69, 9.17) is 4.74 Å². The van der Waals surface area contributed by atoms with E-state index >= 15 is 0 Å². The third kappa shape index (κ3) is 3.64. The predicted molar refractivity (Wildman–Crippen MR) is 79.2 cm³/mol. The lowest BCUT2D eigenvalue weighted by Crippen LogP contribution is -1.97. The standard InChI is InChI=1S/C16H15BrF2O/c1-20-9-8-11-2-4-12(5-3-11)16(17)13-6-7-14(18)15(19)10-13/h2-7,10,16H,8-9H2,1H3. The summed E-state index contributed by atoms with van der Waals surface area (Å²) >= 11 is 3.52. The first-order valence-electron chi connectivity index (χ1n) is 6.28. The highest BCUT2D eigenvalue weighted by atomic mass is 79.9. The van der Waals surface area contributed by atoms with Crippen LogP contribution >= 0.6 is 15.9 Å². The number of benzene rings is 2. The van der Waals surface area contributed by atoms with Crippen LogP contribution in [0.5, 0.6) is 0 Å². The largest absolute Gasteiger partial charge is 0.384 e. The smallest absolute Gasteiger partial charge is 0.159 e. The van der Waals surface area contributed by atoms with Gasteiger partial charge >= 0.3 is 0 Å². The fourth-order valence-electron chi connectivity index (χ4n) is 1.94. The second kappa shape index (κ2) is 6.95. The Hall–Kier alpha value is -1.26. The van der Waals surface area contributed by atoms with E-state index in [1.54, 1.807) is 13.2 Å². The van der Waals surface area contributed by atoms with Gasteiger partial charge in [0.2, 0.25) is 0 Å². The van der Waals surface area contributed by atoms with Crippen molar-refractivity contribution in [2.45, 2.75) is 11.2 Å². The quantitative estimate of drug-likeness (QED) is 0.720. The van der Waals surface area contributed by atoms with Gasteiger partial charge in [-0.05, 0) is 35.2 Å². The summed E-state index contributed by atoms with van der Waals surface area (Å²) in [5.74, 6) is -1.66. The van der Waals surface area contributed by atoms with Crippen molar-refractivity contribution in [1.29, 1.82) is 0 Å². The molecule has 0 fully saturated rings. The van der Waals surface area contributed by atoms with Gasteiger partial charge in [0.1, 0.15) is 0 Å². The van der Waals surface area contributed by atoms with Gasteiger partial charge < -0.3 is 4.74 Å². The van der Waals surface area contributed by atoms with Crippen LogP contribution in [0, 0.1) is 11.6 Å². The van der Waals surface area contributed by atoms with Gasteiger partial charge in [-0.2, -0.15) is 0 Å². The Kier molecular flexibility index (Phi) is 5.26. The zero-order chi connectivity index (χ0) is 14.5. The molecule has 20 heavy (non-hydrogen) atoms. The van der Waals surface area contributed by atoms with E-state index in [0.29, 0.717) is 12.2 Å². The lowest BCUT2D eigenvalue weighted by atomic mass is 10.0. The fourth-order valence-corrected chi connectivity index (χ4v) is 2.53. The highest BCUT2D eigenvalue weighted by molar-refractivity contribution is 9.09. The number of methoxy groups -OCH3 is 1. The Morgan fingerprint density at radius 2 is 1.65 bits per heavy atom. The zero-order valence-electron chi connectivity index (χ0n) is 11.1. The second-order valence-electron chi connectivity index (χ2n) is 4.52. The molecule has 2 aromatic carbocycles. The molecule has 2 aromatic rings. The summed E-state index contributed by atoms with van der Waals surface area (Å²) in [6.07, 6.45) is 0.856. The number of halogens is 3. The normalized spacial score (nSPS) is 12.4. The minimum absolute atomic E-state index is 0.158. The molecule has 0 N–H and O–H groups in total. The van der Waals surface area contributed by atoms with E-state index in [2.05, 4.69) is 15.9 Å². The number of alkyl halides is 1. The van der Waals surface area contributed by atoms with E-state index in [1.807, 2.05) is 24.3 Å². The molecule has 0 aliphatic rings. The summed E-state index contributed by atoms with van der Waals surface area (Å²) in [6, 6.07) is 11.9. The Balaban J connectivity index is 2.15. The molecule has 106 valence electrons. The van der Waals surface area contributed by atoms with Crippen LogP contribution in [0.2, 0.25) is 0 Å². The van der Waals surface area contributed by atoms with Crippen molar-refractivity contribution in [3.05, 3.63) is 70.8 Å². The molecule has 0 amide bonds. The van der Waals surface area contributed by atoms with Crippen LogP contribution in [-0.2, 0) is 11.2 Å². The Morgan fingerprint density at radius 1 is 1.00 bits per heavy atom. The molecule has 1 nitrogen and oxygen atoms in total. The molecule has 0 aromatic heterocycles. The summed E-state index contributed by atoms with van der Waals surface area (Å²) in [5.41, 5.74) is 2.87. The first-order chi connectivity index (χ1) is 9.61. The predicted octanol–water partition coefficient (Wildman–Crippen LogP) is 4.64. The number of rotatable bonds is 5. The van der Waals surface area contributed by atoms with Gasteiger partial charge in [0.15, 0.2) is 11.6 Å². The van der Waals surface area contributed by atoms with Crippen LogP contribution in [0.1, 0.15) is 21.5 Å². The Morgan fingerprint density at radius 3 is 2.25 bits per heavy atom. The van der Waals surface area contributed by atoms with Gasteiger partial charge in [0.05, 0.1) is 11.4 Å². The van der Waals surface area contributed by atoms with Crippen molar-refractivity contribution >= 4 is 15.9 Å². The molecule has 0 saturated heterocycles. The summed E-state index contributed by atoms with van der Waals surface area (Å²) in [6.45, 7) is 0.681. The van der Waals surface area contributed by atoms with E-state index in [1.165, 1.54) is 11.6 Å². The summed E-state index contributed by atoms with van der Waals surface area (Å²) < 4.78 is 31.2. The maximum Gasteiger partial charge on any atom is 0.159 e. The third-order valence-corrected chi connectivity index (χ3v) is 4.16. The van der Waals surface area contributed by atoms with Crippen LogP contribution in [0.15, 0.2) is 42.5 Å². The molecule has 0 radical (unpaired) electrons. The molecule has 0 aliphatic heterocycles. The Bertz CT molecular complexity index is 569.